The number of aromatic nitrogens is 7. The Morgan fingerprint density at radius 3 is 2.71 bits per heavy atom. The summed E-state index contributed by atoms with van der Waals surface area (Å²) >= 11 is 1.32. The second-order valence-electron chi connectivity index (χ2n) is 7.64. The van der Waals surface area contributed by atoms with E-state index in [-0.39, 0.29) is 11.4 Å². The van der Waals surface area contributed by atoms with Crippen LogP contribution in [-0.4, -0.2) is 39.6 Å². The molecule has 0 aliphatic heterocycles. The molecule has 0 radical (unpaired) electrons. The van der Waals surface area contributed by atoms with E-state index in [4.69, 9.17) is 0 Å². The molecule has 0 fully saturated rings. The van der Waals surface area contributed by atoms with E-state index in [0.717, 1.165) is 5.01 Å². The number of aliphatic hydroxyl groups is 1. The predicted molar refractivity (Wildman–Crippen MR) is 124 cm³/mol. The van der Waals surface area contributed by atoms with Crippen LogP contribution in [0.4, 0.5) is 15.2 Å². The second-order valence-corrected chi connectivity index (χ2v) is 8.82. The molecule has 1 unspecified atom stereocenters. The number of rotatable bonds is 5. The minimum absolute atomic E-state index is 0.238. The van der Waals surface area contributed by atoms with E-state index in [1.165, 1.54) is 22.1 Å². The van der Waals surface area contributed by atoms with Gasteiger partial charge >= 0.3 is 0 Å². The Morgan fingerprint density at radius 2 is 2.03 bits per heavy atom. The number of nitrogens with one attached hydrogen (secondary N) is 1. The zero-order valence-electron chi connectivity index (χ0n) is 18.4. The monoisotopic (exact) mass is 475 g/mol. The number of hydrogen-bond acceptors (Lipinski definition) is 9. The van der Waals surface area contributed by atoms with Crippen LogP contribution < -0.4 is 5.32 Å². The van der Waals surface area contributed by atoms with Crippen LogP contribution in [-0.2, 0) is 0 Å². The standard InChI is InChI=1S/C22H18FN9OS/c1-11-6-14(9-24)30-32(11)21-15(12(2)33)4-5-20(27-21)31-10-25-18-8-17(16(23)7-19(18)31)26-22-29-28-13(3)34-22/h4-8,10,12,33H,1-3H3,(H,26,29). The Labute approximate surface area is 197 Å². The third-order valence-electron chi connectivity index (χ3n) is 5.19. The van der Waals surface area contributed by atoms with Gasteiger partial charge in [-0.2, -0.15) is 10.4 Å². The summed E-state index contributed by atoms with van der Waals surface area (Å²) in [5.41, 5.74) is 2.76. The van der Waals surface area contributed by atoms with Gasteiger partial charge in [0.2, 0.25) is 5.13 Å². The van der Waals surface area contributed by atoms with Gasteiger partial charge in [0.25, 0.3) is 0 Å². The lowest BCUT2D eigenvalue weighted by Gasteiger charge is -2.14. The molecular formula is C22H18FN9OS. The Balaban J connectivity index is 1.60. The largest absolute Gasteiger partial charge is 0.389 e. The van der Waals surface area contributed by atoms with Gasteiger partial charge in [-0.05, 0) is 45.0 Å². The average Bonchev–Trinajstić information content (AvgIpc) is 3.51. The predicted octanol–water partition coefficient (Wildman–Crippen LogP) is 3.88. The number of anilines is 2. The van der Waals surface area contributed by atoms with Gasteiger partial charge < -0.3 is 10.4 Å². The quantitative estimate of drug-likeness (QED) is 0.392. The number of aliphatic hydroxyl groups excluding tert-OH is 1. The van der Waals surface area contributed by atoms with Crippen molar-refractivity contribution in [2.24, 2.45) is 0 Å². The number of benzene rings is 1. The van der Waals surface area contributed by atoms with Gasteiger partial charge in [-0.1, -0.05) is 11.3 Å². The summed E-state index contributed by atoms with van der Waals surface area (Å²) in [7, 11) is 0. The third kappa shape index (κ3) is 3.76. The maximum atomic E-state index is 14.9. The van der Waals surface area contributed by atoms with Gasteiger partial charge in [0, 0.05) is 17.3 Å². The fourth-order valence-corrected chi connectivity index (χ4v) is 4.20. The first-order chi connectivity index (χ1) is 16.3. The van der Waals surface area contributed by atoms with Crippen molar-refractivity contribution in [1.29, 1.82) is 5.26 Å². The second kappa shape index (κ2) is 8.29. The minimum atomic E-state index is -0.819. The summed E-state index contributed by atoms with van der Waals surface area (Å²) in [6, 6.07) is 10.1. The lowest BCUT2D eigenvalue weighted by molar-refractivity contribution is 0.198. The van der Waals surface area contributed by atoms with Gasteiger partial charge in [0.05, 0.1) is 22.8 Å². The number of halogens is 1. The highest BCUT2D eigenvalue weighted by Crippen LogP contribution is 2.29. The first kappa shape index (κ1) is 21.6. The molecule has 5 aromatic rings. The normalized spacial score (nSPS) is 12.1. The van der Waals surface area contributed by atoms with Crippen LogP contribution in [0.25, 0.3) is 22.7 Å². The van der Waals surface area contributed by atoms with Crippen LogP contribution in [0.1, 0.15) is 35.0 Å². The number of imidazole rings is 1. The van der Waals surface area contributed by atoms with Gasteiger partial charge in [0.1, 0.15) is 29.0 Å². The average molecular weight is 476 g/mol. The number of nitriles is 1. The van der Waals surface area contributed by atoms with Crippen LogP contribution in [0.15, 0.2) is 36.7 Å². The molecule has 12 heteroatoms. The molecule has 0 aliphatic carbocycles. The highest BCUT2D eigenvalue weighted by atomic mass is 32.1. The van der Waals surface area contributed by atoms with E-state index in [9.17, 15) is 14.8 Å². The molecule has 0 amide bonds. The maximum absolute atomic E-state index is 14.9. The van der Waals surface area contributed by atoms with E-state index in [1.807, 2.05) is 13.0 Å². The van der Waals surface area contributed by atoms with Gasteiger partial charge in [-0.25, -0.2) is 19.0 Å². The highest BCUT2D eigenvalue weighted by Gasteiger charge is 2.18. The summed E-state index contributed by atoms with van der Waals surface area (Å²) in [5, 5.41) is 35.8. The SMILES string of the molecule is Cc1nnc(Nc2cc3ncn(-c4ccc(C(C)O)c(-n5nc(C#N)cc5C)n4)c3cc2F)s1. The molecule has 0 bridgehead atoms. The number of hydrogen-bond donors (Lipinski definition) is 2. The summed E-state index contributed by atoms with van der Waals surface area (Å²) in [6.45, 7) is 5.24. The van der Waals surface area contributed by atoms with Crippen LogP contribution in [0, 0.1) is 31.0 Å². The molecule has 0 spiro atoms. The molecule has 0 saturated heterocycles. The van der Waals surface area contributed by atoms with Crippen molar-refractivity contribution in [2.75, 3.05) is 5.32 Å². The molecular weight excluding hydrogens is 457 g/mol. The molecule has 4 heterocycles. The third-order valence-corrected chi connectivity index (χ3v) is 5.95. The first-order valence-corrected chi connectivity index (χ1v) is 11.1. The number of fused-ring (bicyclic) bond motifs is 1. The van der Waals surface area contributed by atoms with Crippen molar-refractivity contribution in [2.45, 2.75) is 26.9 Å². The van der Waals surface area contributed by atoms with Crippen LogP contribution in [0.2, 0.25) is 0 Å². The molecule has 170 valence electrons. The van der Waals surface area contributed by atoms with Crippen molar-refractivity contribution < 1.29 is 9.50 Å². The number of nitrogens with zero attached hydrogens (tertiary/aromatic N) is 8. The van der Waals surface area contributed by atoms with Crippen LogP contribution >= 0.6 is 11.3 Å². The van der Waals surface area contributed by atoms with E-state index in [0.29, 0.717) is 39.1 Å². The summed E-state index contributed by atoms with van der Waals surface area (Å²) in [6.07, 6.45) is 0.730. The maximum Gasteiger partial charge on any atom is 0.210 e. The van der Waals surface area contributed by atoms with Crippen LogP contribution in [0.3, 0.4) is 0 Å². The fraction of sp³-hybridized carbons (Fsp3) is 0.182. The van der Waals surface area contributed by atoms with Gasteiger partial charge in [-0.3, -0.25) is 4.57 Å². The number of aryl methyl sites for hydroxylation is 2. The molecule has 10 nitrogen and oxygen atoms in total. The van der Waals surface area contributed by atoms with E-state index < -0.39 is 11.9 Å². The van der Waals surface area contributed by atoms with Crippen molar-refractivity contribution in [3.63, 3.8) is 0 Å². The zero-order valence-corrected chi connectivity index (χ0v) is 19.2. The Kier molecular flexibility index (Phi) is 5.27. The molecule has 0 saturated carbocycles. The van der Waals surface area contributed by atoms with Crippen molar-refractivity contribution in [1.82, 2.24) is 34.5 Å². The molecule has 1 atom stereocenters. The van der Waals surface area contributed by atoms with E-state index >= 15 is 0 Å². The van der Waals surface area contributed by atoms with Crippen molar-refractivity contribution in [3.8, 4) is 17.7 Å². The van der Waals surface area contributed by atoms with Gasteiger partial charge in [0.15, 0.2) is 11.5 Å². The van der Waals surface area contributed by atoms with Crippen molar-refractivity contribution in [3.05, 3.63) is 64.4 Å². The van der Waals surface area contributed by atoms with E-state index in [2.05, 4.69) is 30.6 Å². The lowest BCUT2D eigenvalue weighted by atomic mass is 10.1. The molecule has 0 aliphatic rings. The zero-order chi connectivity index (χ0) is 24.0. The summed E-state index contributed by atoms with van der Waals surface area (Å²) < 4.78 is 18.1. The topological polar surface area (TPSA) is 130 Å². The molecule has 5 rings (SSSR count). The molecule has 34 heavy (non-hydrogen) atoms. The minimum Gasteiger partial charge on any atom is -0.389 e. The highest BCUT2D eigenvalue weighted by molar-refractivity contribution is 7.15. The molecule has 2 N–H and O–H groups in total. The molecule has 4 aromatic heterocycles. The van der Waals surface area contributed by atoms with E-state index in [1.54, 1.807) is 49.0 Å². The van der Waals surface area contributed by atoms with Crippen molar-refractivity contribution >= 4 is 33.2 Å². The Bertz CT molecular complexity index is 1580. The van der Waals surface area contributed by atoms with Gasteiger partial charge in [-0.15, -0.1) is 10.2 Å². The Hall–Kier alpha value is -4.21. The molecule has 1 aromatic carbocycles. The smallest absolute Gasteiger partial charge is 0.210 e. The van der Waals surface area contributed by atoms with Crippen LogP contribution in [0.5, 0.6) is 0 Å². The summed E-state index contributed by atoms with van der Waals surface area (Å²) in [5.74, 6) is 0.346. The lowest BCUT2D eigenvalue weighted by Crippen LogP contribution is -2.11. The fourth-order valence-electron chi connectivity index (χ4n) is 3.59. The first-order valence-electron chi connectivity index (χ1n) is 10.2. The summed E-state index contributed by atoms with van der Waals surface area (Å²) in [4.78, 5) is 9.09. The number of pyridine rings is 1. The Morgan fingerprint density at radius 1 is 1.21 bits per heavy atom.